The molecule has 0 unspecified atom stereocenters. The van der Waals surface area contributed by atoms with Gasteiger partial charge in [0, 0.05) is 7.11 Å². The molecule has 0 saturated carbocycles. The Bertz CT molecular complexity index is 160. The minimum atomic E-state index is -4.21. The predicted octanol–water partition coefficient (Wildman–Crippen LogP) is 2.35. The molecule has 0 aromatic carbocycles. The topological polar surface area (TPSA) is 9.23 Å². The zero-order chi connectivity index (χ0) is 9.07. The number of rotatable bonds is 3. The third-order valence-electron chi connectivity index (χ3n) is 0.969. The van der Waals surface area contributed by atoms with Crippen LogP contribution in [-0.2, 0) is 4.74 Å². The molecule has 0 aliphatic carbocycles. The maximum Gasteiger partial charge on any atom is 0.387 e. The maximum atomic E-state index is 12.1. The Morgan fingerprint density at radius 3 is 1.91 bits per heavy atom. The van der Waals surface area contributed by atoms with Crippen LogP contribution in [0.5, 0.6) is 0 Å². The van der Waals surface area contributed by atoms with Gasteiger partial charge in [-0.1, -0.05) is 0 Å². The normalized spacial score (nSPS) is 11.5. The summed E-state index contributed by atoms with van der Waals surface area (Å²) in [5.74, 6) is 0. The molecule has 66 valence electrons. The van der Waals surface area contributed by atoms with Crippen LogP contribution >= 0.6 is 0 Å². The van der Waals surface area contributed by atoms with Crippen LogP contribution in [-0.4, -0.2) is 19.9 Å². The van der Waals surface area contributed by atoms with Crippen molar-refractivity contribution in [3.63, 3.8) is 0 Å². The summed E-state index contributed by atoms with van der Waals surface area (Å²) in [6.07, 6.45) is -6.97. The second-order valence-electron chi connectivity index (χ2n) is 1.59. The third-order valence-corrected chi connectivity index (χ3v) is 0.969. The van der Waals surface area contributed by atoms with Crippen molar-refractivity contribution < 1.29 is 26.7 Å². The molecular weight excluding hydrogens is 171 g/mol. The van der Waals surface area contributed by atoms with Crippen LogP contribution in [0.15, 0.2) is 11.7 Å². The first-order valence-corrected chi connectivity index (χ1v) is 2.49. The Morgan fingerprint density at radius 2 is 1.82 bits per heavy atom. The standard InChI is InChI=1S/C5H5F5O/c1-11-5(9,10)3(2-6)4(7)8/h2H2,1H3. The van der Waals surface area contributed by atoms with Gasteiger partial charge in [0.15, 0.2) is 0 Å². The van der Waals surface area contributed by atoms with Crippen LogP contribution in [0, 0.1) is 0 Å². The second-order valence-corrected chi connectivity index (χ2v) is 1.59. The van der Waals surface area contributed by atoms with E-state index in [4.69, 9.17) is 0 Å². The number of halogens is 5. The van der Waals surface area contributed by atoms with E-state index in [1.54, 1.807) is 0 Å². The minimum absolute atomic E-state index is 0.512. The highest BCUT2D eigenvalue weighted by Gasteiger charge is 2.37. The molecule has 0 saturated heterocycles. The zero-order valence-electron chi connectivity index (χ0n) is 5.51. The van der Waals surface area contributed by atoms with Gasteiger partial charge in [-0.05, 0) is 0 Å². The fourth-order valence-corrected chi connectivity index (χ4v) is 0.361. The predicted molar refractivity (Wildman–Crippen MR) is 27.2 cm³/mol. The average molecular weight is 176 g/mol. The molecule has 6 heteroatoms. The van der Waals surface area contributed by atoms with E-state index >= 15 is 0 Å². The molecule has 0 spiro atoms. The highest BCUT2D eigenvalue weighted by molar-refractivity contribution is 5.09. The van der Waals surface area contributed by atoms with Crippen molar-refractivity contribution in [1.29, 1.82) is 0 Å². The molecule has 0 aromatic rings. The van der Waals surface area contributed by atoms with Gasteiger partial charge in [0.1, 0.15) is 12.2 Å². The summed E-state index contributed by atoms with van der Waals surface area (Å²) in [7, 11) is 0.512. The van der Waals surface area contributed by atoms with E-state index in [2.05, 4.69) is 4.74 Å². The Morgan fingerprint density at radius 1 is 1.36 bits per heavy atom. The minimum Gasteiger partial charge on any atom is -0.320 e. The Kier molecular flexibility index (Phi) is 3.44. The van der Waals surface area contributed by atoms with Crippen LogP contribution in [0.3, 0.4) is 0 Å². The largest absolute Gasteiger partial charge is 0.387 e. The first-order chi connectivity index (χ1) is 4.95. The van der Waals surface area contributed by atoms with E-state index in [-0.39, 0.29) is 0 Å². The fraction of sp³-hybridized carbons (Fsp3) is 0.600. The van der Waals surface area contributed by atoms with Gasteiger partial charge in [0.05, 0.1) is 0 Å². The summed E-state index contributed by atoms with van der Waals surface area (Å²) < 4.78 is 61.9. The smallest absolute Gasteiger partial charge is 0.320 e. The van der Waals surface area contributed by atoms with Crippen LogP contribution in [0.2, 0.25) is 0 Å². The molecule has 0 amide bonds. The molecule has 0 atom stereocenters. The molecular formula is C5H5F5O. The summed E-state index contributed by atoms with van der Waals surface area (Å²) in [5, 5.41) is 0. The Hall–Kier alpha value is -0.650. The molecule has 0 aromatic heterocycles. The fourth-order valence-electron chi connectivity index (χ4n) is 0.361. The van der Waals surface area contributed by atoms with Crippen molar-refractivity contribution in [1.82, 2.24) is 0 Å². The molecule has 0 heterocycles. The van der Waals surface area contributed by atoms with Crippen molar-refractivity contribution in [2.45, 2.75) is 6.11 Å². The second kappa shape index (κ2) is 3.66. The van der Waals surface area contributed by atoms with Gasteiger partial charge in [0.2, 0.25) is 0 Å². The number of ether oxygens (including phenoxy) is 1. The van der Waals surface area contributed by atoms with Gasteiger partial charge in [-0.2, -0.15) is 17.6 Å². The molecule has 0 N–H and O–H groups in total. The lowest BCUT2D eigenvalue weighted by Crippen LogP contribution is -2.23. The molecule has 0 fully saturated rings. The number of alkyl halides is 3. The van der Waals surface area contributed by atoms with Gasteiger partial charge >= 0.3 is 6.11 Å². The summed E-state index contributed by atoms with van der Waals surface area (Å²) in [6, 6.07) is 0. The third kappa shape index (κ3) is 2.45. The molecule has 0 rings (SSSR count). The van der Waals surface area contributed by atoms with E-state index < -0.39 is 24.4 Å². The van der Waals surface area contributed by atoms with Crippen molar-refractivity contribution in [3.8, 4) is 0 Å². The number of methoxy groups -OCH3 is 1. The van der Waals surface area contributed by atoms with Gasteiger partial charge in [-0.25, -0.2) is 4.39 Å². The molecule has 0 bridgehead atoms. The molecule has 0 aliphatic heterocycles. The van der Waals surface area contributed by atoms with Crippen LogP contribution < -0.4 is 0 Å². The number of hydrogen-bond acceptors (Lipinski definition) is 1. The van der Waals surface area contributed by atoms with Gasteiger partial charge < -0.3 is 4.74 Å². The van der Waals surface area contributed by atoms with Crippen LogP contribution in [0.4, 0.5) is 22.0 Å². The summed E-state index contributed by atoms with van der Waals surface area (Å²) in [4.78, 5) is 0. The molecule has 0 aliphatic rings. The zero-order valence-corrected chi connectivity index (χ0v) is 5.51. The SMILES string of the molecule is COC(F)(F)C(CF)=C(F)F. The molecule has 11 heavy (non-hydrogen) atoms. The lowest BCUT2D eigenvalue weighted by atomic mass is 10.3. The molecule has 0 radical (unpaired) electrons. The van der Waals surface area contributed by atoms with E-state index in [1.807, 2.05) is 0 Å². The Labute approximate surface area is 59.5 Å². The van der Waals surface area contributed by atoms with E-state index in [1.165, 1.54) is 0 Å². The Balaban J connectivity index is 4.65. The molecule has 1 nitrogen and oxygen atoms in total. The van der Waals surface area contributed by atoms with Crippen molar-refractivity contribution in [2.75, 3.05) is 13.8 Å². The van der Waals surface area contributed by atoms with Gasteiger partial charge in [0.25, 0.3) is 6.08 Å². The lowest BCUT2D eigenvalue weighted by Gasteiger charge is -2.13. The lowest BCUT2D eigenvalue weighted by molar-refractivity contribution is -0.194. The van der Waals surface area contributed by atoms with Gasteiger partial charge in [-0.15, -0.1) is 0 Å². The van der Waals surface area contributed by atoms with E-state index in [0.717, 1.165) is 0 Å². The van der Waals surface area contributed by atoms with Crippen molar-refractivity contribution in [3.05, 3.63) is 11.7 Å². The van der Waals surface area contributed by atoms with Gasteiger partial charge in [-0.3, -0.25) is 0 Å². The van der Waals surface area contributed by atoms with E-state index in [9.17, 15) is 22.0 Å². The quantitative estimate of drug-likeness (QED) is 0.599. The highest BCUT2D eigenvalue weighted by Crippen LogP contribution is 2.28. The number of hydrogen-bond donors (Lipinski definition) is 0. The maximum absolute atomic E-state index is 12.1. The summed E-state index contributed by atoms with van der Waals surface area (Å²) in [6.45, 7) is -1.93. The summed E-state index contributed by atoms with van der Waals surface area (Å²) >= 11 is 0. The van der Waals surface area contributed by atoms with Crippen molar-refractivity contribution in [2.24, 2.45) is 0 Å². The highest BCUT2D eigenvalue weighted by atomic mass is 19.3. The first-order valence-electron chi connectivity index (χ1n) is 2.49. The van der Waals surface area contributed by atoms with Crippen LogP contribution in [0.1, 0.15) is 0 Å². The average Bonchev–Trinajstić information content (AvgIpc) is 1.88. The van der Waals surface area contributed by atoms with Crippen LogP contribution in [0.25, 0.3) is 0 Å². The van der Waals surface area contributed by atoms with E-state index in [0.29, 0.717) is 7.11 Å². The summed E-state index contributed by atoms with van der Waals surface area (Å²) in [5.41, 5.74) is -1.93. The van der Waals surface area contributed by atoms with Crippen molar-refractivity contribution >= 4 is 0 Å². The first kappa shape index (κ1) is 10.3. The monoisotopic (exact) mass is 176 g/mol.